The molecule has 8 aromatic carbocycles. The van der Waals surface area contributed by atoms with Crippen molar-refractivity contribution in [2.24, 2.45) is 22.9 Å². The van der Waals surface area contributed by atoms with Gasteiger partial charge in [-0.2, -0.15) is 38.4 Å². The molecule has 32 nitrogen and oxygen atoms in total. The Morgan fingerprint density at radius 1 is 0.277 bits per heavy atom. The first-order valence-corrected chi connectivity index (χ1v) is 41.3. The summed E-state index contributed by atoms with van der Waals surface area (Å²) in [6.45, 7) is 16.5. The van der Waals surface area contributed by atoms with Crippen molar-refractivity contribution in [1.29, 1.82) is 0 Å². The fourth-order valence-corrected chi connectivity index (χ4v) is 14.3. The summed E-state index contributed by atoms with van der Waals surface area (Å²) < 4.78 is 0. The second kappa shape index (κ2) is 46.4. The second-order valence-electron chi connectivity index (χ2n) is 30.0. The van der Waals surface area contributed by atoms with Crippen molar-refractivity contribution in [3.8, 4) is 45.6 Å². The lowest BCUT2D eigenvalue weighted by atomic mass is 10.1. The van der Waals surface area contributed by atoms with Gasteiger partial charge < -0.3 is 22.9 Å². The van der Waals surface area contributed by atoms with Gasteiger partial charge in [-0.05, 0) is 143 Å². The number of amides is 8. The van der Waals surface area contributed by atoms with Crippen molar-refractivity contribution < 1.29 is 76.7 Å². The number of aromatic nitrogens is 8. The van der Waals surface area contributed by atoms with E-state index in [1.54, 1.807) is 19.6 Å². The van der Waals surface area contributed by atoms with Crippen molar-refractivity contribution in [3.05, 3.63) is 284 Å². The number of hydrogen-bond acceptors (Lipinski definition) is 24. The predicted molar refractivity (Wildman–Crippen MR) is 477 cm³/mol. The summed E-state index contributed by atoms with van der Waals surface area (Å²) in [5.41, 5.74) is 39.9. The molecule has 0 saturated carbocycles. The maximum Gasteiger partial charge on any atom is 0.373 e. The molecule has 4 aliphatic rings. The van der Waals surface area contributed by atoms with Gasteiger partial charge in [-0.15, -0.1) is 0 Å². The largest absolute Gasteiger partial charge is 0.373 e. The molecule has 16 rings (SSSR count). The van der Waals surface area contributed by atoms with Crippen LogP contribution in [0.15, 0.2) is 194 Å². The van der Waals surface area contributed by atoms with Gasteiger partial charge >= 0.3 is 24.6 Å². The Balaban J connectivity index is 0.000000187. The number of nitrogens with two attached hydrogens (primary N) is 4. The van der Waals surface area contributed by atoms with E-state index >= 15 is 0 Å². The van der Waals surface area contributed by atoms with Gasteiger partial charge in [0.2, 0.25) is 23.6 Å². The van der Waals surface area contributed by atoms with Crippen molar-refractivity contribution in [2.75, 3.05) is 19.6 Å². The summed E-state index contributed by atoms with van der Waals surface area (Å²) >= 11 is 0. The number of benzene rings is 8. The number of rotatable bonds is 22. The molecule has 0 atom stereocenters. The van der Waals surface area contributed by atoms with Gasteiger partial charge in [0.25, 0.3) is 23.6 Å². The van der Waals surface area contributed by atoms with E-state index in [1.165, 1.54) is 22.3 Å². The summed E-state index contributed by atoms with van der Waals surface area (Å²) in [5.74, 6) is -0.0270. The third-order valence-electron chi connectivity index (χ3n) is 20.9. The molecule has 12 aromatic rings. The van der Waals surface area contributed by atoms with Crippen molar-refractivity contribution in [2.45, 2.75) is 145 Å². The zero-order chi connectivity index (χ0) is 94.4. The van der Waals surface area contributed by atoms with E-state index in [4.69, 9.17) is 61.3 Å². The SMILES string of the molecule is CCCCc1ccc(N2C(=O)Cc3c(C(N)=O)nc(-c4ccc(C)cc4)nc32)cc1.CCCCc1ccc(N2C(=O)Cc3c(C(N)=O)nc(-c4ccc(C)cc4)nc32)cc1.CCCCc1ccc(N2C(=O)Cc3c(C(N)=O)nc(-c4ccc(C)cc4)nc32)cc1.CCc1ccc(N2C(=O)Cc3c(C(N)=O)nc(-c4ccc(C)cc4)nc32)cc1.O=C=O.O=C=O.O=C=O.O=C=O. The average molecular weight is 1750 g/mol. The summed E-state index contributed by atoms with van der Waals surface area (Å²) in [5, 5.41) is 0. The van der Waals surface area contributed by atoms with Crippen LogP contribution >= 0.6 is 0 Å². The third-order valence-corrected chi connectivity index (χ3v) is 20.9. The molecule has 0 spiro atoms. The maximum absolute atomic E-state index is 12.9. The lowest BCUT2D eigenvalue weighted by Crippen LogP contribution is -2.21. The first-order chi connectivity index (χ1) is 62.6. The number of unbranched alkanes of at least 4 members (excludes halogenated alkanes) is 3. The smallest absolute Gasteiger partial charge is 0.364 e. The minimum absolute atomic E-state index is 0.0529. The predicted octanol–water partition coefficient (Wildman–Crippen LogP) is 13.3. The fourth-order valence-electron chi connectivity index (χ4n) is 14.3. The number of fused-ring (bicyclic) bond motifs is 4. The summed E-state index contributed by atoms with van der Waals surface area (Å²) in [4.78, 5) is 207. The molecule has 0 aliphatic carbocycles. The Kier molecular flexibility index (Phi) is 34.7. The van der Waals surface area contributed by atoms with E-state index in [2.05, 4.69) is 67.6 Å². The van der Waals surface area contributed by atoms with Crippen LogP contribution in [0.3, 0.4) is 0 Å². The molecule has 0 bridgehead atoms. The van der Waals surface area contributed by atoms with Gasteiger partial charge in [0.15, 0.2) is 23.3 Å². The van der Waals surface area contributed by atoms with Gasteiger partial charge in [0.1, 0.15) is 46.0 Å². The van der Waals surface area contributed by atoms with Crippen LogP contribution in [-0.4, -0.2) is 112 Å². The highest BCUT2D eigenvalue weighted by Crippen LogP contribution is 2.42. The minimum Gasteiger partial charge on any atom is -0.364 e. The number of anilines is 8. The normalized spacial score (nSPS) is 11.9. The molecule has 32 heteroatoms. The highest BCUT2D eigenvalue weighted by Gasteiger charge is 2.40. The Bertz CT molecular complexity index is 5820. The van der Waals surface area contributed by atoms with Crippen LogP contribution in [0.2, 0.25) is 0 Å². The molecule has 8 heterocycles. The third kappa shape index (κ3) is 24.1. The van der Waals surface area contributed by atoms with E-state index < -0.39 is 23.6 Å². The highest BCUT2D eigenvalue weighted by atomic mass is 16.2. The molecule has 0 unspecified atom stereocenters. The number of nitrogens with zero attached hydrogens (tertiary/aromatic N) is 12. The number of primary amides is 4. The molecule has 4 aliphatic heterocycles. The molecule has 8 amide bonds. The second-order valence-corrected chi connectivity index (χ2v) is 30.0. The fraction of sp³-hybridized carbons (Fsp3) is 0.224. The zero-order valence-electron chi connectivity index (χ0n) is 72.6. The molecule has 130 heavy (non-hydrogen) atoms. The minimum atomic E-state index is -0.664. The van der Waals surface area contributed by atoms with E-state index in [0.717, 1.165) is 126 Å². The van der Waals surface area contributed by atoms with Gasteiger partial charge in [-0.25, -0.2) is 39.9 Å². The Hall–Kier alpha value is -16.6. The van der Waals surface area contributed by atoms with Gasteiger partial charge in [-0.1, -0.05) is 215 Å². The Labute approximate surface area is 747 Å². The standard InChI is InChI=1S/3C24H24N4O2.C22H20N4O2.4CO2/c3*1-3-4-5-16-8-12-18(13-9-16)28-20(29)14-19-21(22(25)30)26-23(27-24(19)28)17-10-6-15(2)7-11-17;1-3-14-6-10-16(11-7-14)26-18(27)12-17-19(20(23)28)24-21(25-22(17)26)15-8-4-13(2)5-9-15;4*2-1-3/h3*6-13H,3-5,14H2,1-2H3,(H2,25,30);4-11H,3,12H2,1-2H3,(H2,23,28);;;;. The summed E-state index contributed by atoms with van der Waals surface area (Å²) in [7, 11) is 0. The van der Waals surface area contributed by atoms with Crippen molar-refractivity contribution in [1.82, 2.24) is 39.9 Å². The van der Waals surface area contributed by atoms with Crippen LogP contribution in [0.1, 0.15) is 175 Å². The van der Waals surface area contributed by atoms with Crippen molar-refractivity contribution in [3.63, 3.8) is 0 Å². The molecule has 660 valence electrons. The van der Waals surface area contributed by atoms with E-state index in [-0.39, 0.29) is 96.7 Å². The summed E-state index contributed by atoms with van der Waals surface area (Å²) in [6.07, 6.45) is 11.9. The molecule has 0 saturated heterocycles. The average Bonchev–Trinajstić information content (AvgIpc) is 1.62. The van der Waals surface area contributed by atoms with Gasteiger partial charge in [0, 0.05) is 44.5 Å². The lowest BCUT2D eigenvalue weighted by Gasteiger charge is -2.18. The van der Waals surface area contributed by atoms with Crippen LogP contribution in [0.4, 0.5) is 46.0 Å². The molecule has 0 fully saturated rings. The number of carbonyl (C=O) groups is 8. The molecule has 8 N–H and O–H groups in total. The monoisotopic (exact) mass is 1750 g/mol. The number of hydrogen-bond donors (Lipinski definition) is 4. The summed E-state index contributed by atoms with van der Waals surface area (Å²) in [6, 6.07) is 62.3. The van der Waals surface area contributed by atoms with Crippen LogP contribution in [0.5, 0.6) is 0 Å². The Morgan fingerprint density at radius 3 is 0.615 bits per heavy atom. The first-order valence-electron chi connectivity index (χ1n) is 41.3. The van der Waals surface area contributed by atoms with Crippen LogP contribution in [-0.2, 0) is 109 Å². The Morgan fingerprint density at radius 2 is 0.454 bits per heavy atom. The van der Waals surface area contributed by atoms with Gasteiger partial charge in [0.05, 0.1) is 48.4 Å². The van der Waals surface area contributed by atoms with Crippen molar-refractivity contribution >= 4 is 118 Å². The van der Waals surface area contributed by atoms with Crippen LogP contribution in [0.25, 0.3) is 45.6 Å². The van der Waals surface area contributed by atoms with E-state index in [0.29, 0.717) is 74.5 Å². The maximum atomic E-state index is 12.9. The molecular weight excluding hydrogens is 1660 g/mol. The first kappa shape index (κ1) is 97.2. The van der Waals surface area contributed by atoms with E-state index in [9.17, 15) is 38.4 Å². The molecule has 0 radical (unpaired) electrons. The number of carbonyl (C=O) groups excluding carboxylic acids is 16. The molecule has 4 aromatic heterocycles. The van der Waals surface area contributed by atoms with Gasteiger partial charge in [-0.3, -0.25) is 58.0 Å². The quantitative estimate of drug-likeness (QED) is 0.0489. The zero-order valence-corrected chi connectivity index (χ0v) is 72.6. The highest BCUT2D eigenvalue weighted by molar-refractivity contribution is 6.13. The molecular formula is C98H92N16O16. The topological polar surface area (TPSA) is 493 Å². The lowest BCUT2D eigenvalue weighted by molar-refractivity contribution is -0.193. The van der Waals surface area contributed by atoms with E-state index in [1.807, 2.05) is 222 Å². The van der Waals surface area contributed by atoms with Crippen LogP contribution < -0.4 is 42.5 Å². The number of aryl methyl sites for hydroxylation is 8. The van der Waals surface area contributed by atoms with Crippen LogP contribution in [0, 0.1) is 27.7 Å².